The standard InChI is InChI=1S/C31H50O4.H2S/c1-18-12-13-31-17-30(31)15-14-29(7)21-8-10-23(26(28(5,6)33)34-19(2)32)35-24(21)16-22(29)20(30)9-11-25(31)27(18,3)4;/h18,20-26,33H,8-17H2,1-7H3;1H2/t18-,20?,21?,22?,23?,24?,25?,26-,29?,30-,31?;/m0./s1. The molecule has 2 spiro atoms. The van der Waals surface area contributed by atoms with Crippen molar-refractivity contribution < 1.29 is 19.4 Å². The van der Waals surface area contributed by atoms with Gasteiger partial charge in [-0.25, -0.2) is 0 Å². The number of esters is 1. The minimum absolute atomic E-state index is 0. The number of hydrogen-bond acceptors (Lipinski definition) is 4. The van der Waals surface area contributed by atoms with Gasteiger partial charge in [0.25, 0.3) is 0 Å². The third kappa shape index (κ3) is 3.49. The summed E-state index contributed by atoms with van der Waals surface area (Å²) in [6.07, 6.45) is 12.7. The fourth-order valence-electron chi connectivity index (χ4n) is 11.5. The molecule has 11 atom stereocenters. The molecule has 5 aliphatic carbocycles. The second-order valence-corrected chi connectivity index (χ2v) is 15.4. The number of fused-ring (bicyclic) bond motifs is 4. The van der Waals surface area contributed by atoms with Crippen LogP contribution in [0.2, 0.25) is 0 Å². The Balaban J connectivity index is 0.00000267. The molecule has 5 saturated carbocycles. The maximum atomic E-state index is 11.8. The average Bonchev–Trinajstić information content (AvgIpc) is 3.34. The van der Waals surface area contributed by atoms with Crippen LogP contribution >= 0.6 is 13.5 Å². The van der Waals surface area contributed by atoms with Gasteiger partial charge in [0.2, 0.25) is 0 Å². The maximum absolute atomic E-state index is 11.8. The van der Waals surface area contributed by atoms with Crippen LogP contribution in [0.4, 0.5) is 0 Å². The number of carbonyl (C=O) groups excluding carboxylic acids is 1. The molecule has 1 heterocycles. The molecule has 8 unspecified atom stereocenters. The summed E-state index contributed by atoms with van der Waals surface area (Å²) >= 11 is 0. The Morgan fingerprint density at radius 2 is 1.67 bits per heavy atom. The van der Waals surface area contributed by atoms with Crippen molar-refractivity contribution in [3.8, 4) is 0 Å². The van der Waals surface area contributed by atoms with Crippen molar-refractivity contribution in [1.29, 1.82) is 0 Å². The number of aliphatic hydroxyl groups is 1. The van der Waals surface area contributed by atoms with Crippen LogP contribution in [0.5, 0.6) is 0 Å². The van der Waals surface area contributed by atoms with Crippen molar-refractivity contribution in [2.45, 2.75) is 137 Å². The van der Waals surface area contributed by atoms with Crippen molar-refractivity contribution in [3.05, 3.63) is 0 Å². The molecule has 1 N–H and O–H groups in total. The molecule has 6 rings (SSSR count). The van der Waals surface area contributed by atoms with Gasteiger partial charge < -0.3 is 14.6 Å². The van der Waals surface area contributed by atoms with Crippen molar-refractivity contribution in [3.63, 3.8) is 0 Å². The minimum atomic E-state index is -1.10. The van der Waals surface area contributed by atoms with Gasteiger partial charge in [0.1, 0.15) is 0 Å². The highest BCUT2D eigenvalue weighted by molar-refractivity contribution is 7.59. The van der Waals surface area contributed by atoms with Gasteiger partial charge in [-0.05, 0) is 129 Å². The minimum Gasteiger partial charge on any atom is -0.457 e. The molecule has 5 heteroatoms. The summed E-state index contributed by atoms with van der Waals surface area (Å²) in [4.78, 5) is 11.8. The summed E-state index contributed by atoms with van der Waals surface area (Å²) in [7, 11) is 0. The van der Waals surface area contributed by atoms with E-state index in [9.17, 15) is 9.90 Å². The Labute approximate surface area is 226 Å². The molecule has 6 fully saturated rings. The highest BCUT2D eigenvalue weighted by Gasteiger charge is 2.80. The van der Waals surface area contributed by atoms with Crippen LogP contribution in [0, 0.1) is 51.2 Å². The third-order valence-corrected chi connectivity index (χ3v) is 13.5. The molecule has 0 amide bonds. The van der Waals surface area contributed by atoms with Crippen molar-refractivity contribution in [2.24, 2.45) is 51.2 Å². The zero-order chi connectivity index (χ0) is 25.2. The zero-order valence-corrected chi connectivity index (χ0v) is 24.9. The number of carbonyl (C=O) groups is 1. The van der Waals surface area contributed by atoms with E-state index in [-0.39, 0.29) is 31.7 Å². The molecule has 206 valence electrons. The van der Waals surface area contributed by atoms with E-state index in [1.54, 1.807) is 13.8 Å². The van der Waals surface area contributed by atoms with Gasteiger partial charge in [0, 0.05) is 6.92 Å². The second-order valence-electron chi connectivity index (χ2n) is 15.4. The normalized spacial score (nSPS) is 51.3. The van der Waals surface area contributed by atoms with Gasteiger partial charge in [0.05, 0.1) is 17.8 Å². The monoisotopic (exact) mass is 520 g/mol. The molecule has 1 aliphatic heterocycles. The van der Waals surface area contributed by atoms with Crippen LogP contribution in [0.15, 0.2) is 0 Å². The lowest BCUT2D eigenvalue weighted by Gasteiger charge is -2.59. The first-order chi connectivity index (χ1) is 16.3. The van der Waals surface area contributed by atoms with Gasteiger partial charge in [-0.1, -0.05) is 27.7 Å². The molecule has 0 aromatic heterocycles. The summed E-state index contributed by atoms with van der Waals surface area (Å²) in [5, 5.41) is 10.8. The third-order valence-electron chi connectivity index (χ3n) is 13.5. The predicted octanol–water partition coefficient (Wildman–Crippen LogP) is 6.64. The van der Waals surface area contributed by atoms with E-state index in [4.69, 9.17) is 9.47 Å². The SMILES string of the molecule is CC(=O)O[C@@H](C1CCC2C(CC3C4CCC5C(C)(C)[C@@H](C)CCC56C[C@@]46CCC23C)O1)C(C)(C)O.S. The summed E-state index contributed by atoms with van der Waals surface area (Å²) in [6.45, 7) is 15.2. The van der Waals surface area contributed by atoms with Crippen molar-refractivity contribution >= 4 is 19.5 Å². The molecular weight excluding hydrogens is 468 g/mol. The largest absolute Gasteiger partial charge is 0.457 e. The van der Waals surface area contributed by atoms with E-state index < -0.39 is 11.7 Å². The Hall–Kier alpha value is -0.260. The molecule has 0 radical (unpaired) electrons. The Morgan fingerprint density at radius 1 is 0.972 bits per heavy atom. The molecule has 0 aromatic rings. The summed E-state index contributed by atoms with van der Waals surface area (Å²) in [6, 6.07) is 0. The van der Waals surface area contributed by atoms with Crippen LogP contribution in [-0.4, -0.2) is 35.0 Å². The average molecular weight is 521 g/mol. The van der Waals surface area contributed by atoms with Crippen LogP contribution in [0.25, 0.3) is 0 Å². The quantitative estimate of drug-likeness (QED) is 0.424. The fraction of sp³-hybridized carbons (Fsp3) is 0.968. The highest BCUT2D eigenvalue weighted by atomic mass is 32.1. The molecule has 4 nitrogen and oxygen atoms in total. The van der Waals surface area contributed by atoms with Gasteiger partial charge in [-0.2, -0.15) is 13.5 Å². The molecule has 0 bridgehead atoms. The summed E-state index contributed by atoms with van der Waals surface area (Å²) in [5.74, 6) is 3.67. The Bertz CT molecular complexity index is 895. The lowest BCUT2D eigenvalue weighted by molar-refractivity contribution is -0.200. The molecule has 1 saturated heterocycles. The predicted molar refractivity (Wildman–Crippen MR) is 147 cm³/mol. The summed E-state index contributed by atoms with van der Waals surface area (Å²) in [5.41, 5.74) is 0.997. The molecule has 0 aromatic carbocycles. The molecular formula is C31H52O4S. The van der Waals surface area contributed by atoms with E-state index in [0.29, 0.717) is 27.6 Å². The van der Waals surface area contributed by atoms with Gasteiger partial charge in [-0.3, -0.25) is 4.79 Å². The zero-order valence-electron chi connectivity index (χ0n) is 23.9. The van der Waals surface area contributed by atoms with Crippen LogP contribution in [0.1, 0.15) is 113 Å². The Kier molecular flexibility index (Phi) is 6.35. The van der Waals surface area contributed by atoms with Gasteiger partial charge in [0.15, 0.2) is 6.10 Å². The van der Waals surface area contributed by atoms with Crippen LogP contribution < -0.4 is 0 Å². The second kappa shape index (κ2) is 8.37. The van der Waals surface area contributed by atoms with Gasteiger partial charge >= 0.3 is 5.97 Å². The van der Waals surface area contributed by atoms with E-state index in [0.717, 1.165) is 36.5 Å². The molecule has 36 heavy (non-hydrogen) atoms. The van der Waals surface area contributed by atoms with E-state index >= 15 is 0 Å². The number of rotatable bonds is 3. The lowest BCUT2D eigenvalue weighted by atomic mass is 9.45. The van der Waals surface area contributed by atoms with E-state index in [2.05, 4.69) is 27.7 Å². The fourth-order valence-corrected chi connectivity index (χ4v) is 11.5. The van der Waals surface area contributed by atoms with Crippen molar-refractivity contribution in [1.82, 2.24) is 0 Å². The summed E-state index contributed by atoms with van der Waals surface area (Å²) < 4.78 is 12.4. The Morgan fingerprint density at radius 3 is 2.33 bits per heavy atom. The van der Waals surface area contributed by atoms with Crippen LogP contribution in [0.3, 0.4) is 0 Å². The first-order valence-corrected chi connectivity index (χ1v) is 14.8. The lowest BCUT2D eigenvalue weighted by Crippen LogP contribution is -2.53. The smallest absolute Gasteiger partial charge is 0.303 e. The van der Waals surface area contributed by atoms with Gasteiger partial charge in [-0.15, -0.1) is 0 Å². The first kappa shape index (κ1) is 27.3. The van der Waals surface area contributed by atoms with E-state index in [1.165, 1.54) is 58.3 Å². The number of ether oxygens (including phenoxy) is 2. The first-order valence-electron chi connectivity index (χ1n) is 14.8. The topological polar surface area (TPSA) is 55.8 Å². The van der Waals surface area contributed by atoms with Crippen LogP contribution in [-0.2, 0) is 14.3 Å². The molecule has 6 aliphatic rings. The number of hydrogen-bond donors (Lipinski definition) is 1. The van der Waals surface area contributed by atoms with E-state index in [1.807, 2.05) is 0 Å². The maximum Gasteiger partial charge on any atom is 0.303 e. The van der Waals surface area contributed by atoms with Crippen molar-refractivity contribution in [2.75, 3.05) is 0 Å². The highest BCUT2D eigenvalue weighted by Crippen LogP contribution is 2.87.